The van der Waals surface area contributed by atoms with Crippen LogP contribution in [0, 0.1) is 0 Å². The van der Waals surface area contributed by atoms with Crippen LogP contribution in [0.4, 0.5) is 5.82 Å². The number of hydrogen-bond acceptors (Lipinski definition) is 6. The molecule has 2 N–H and O–H groups in total. The van der Waals surface area contributed by atoms with Crippen LogP contribution in [0.15, 0.2) is 29.0 Å². The number of anilines is 1. The first-order valence-corrected chi connectivity index (χ1v) is 11.1. The van der Waals surface area contributed by atoms with E-state index in [1.807, 2.05) is 17.0 Å². The van der Waals surface area contributed by atoms with Gasteiger partial charge in [-0.1, -0.05) is 34.1 Å². The summed E-state index contributed by atoms with van der Waals surface area (Å²) in [5.41, 5.74) is 0.314. The third kappa shape index (κ3) is 7.36. The maximum absolute atomic E-state index is 13.6. The summed E-state index contributed by atoms with van der Waals surface area (Å²) in [6.07, 6.45) is 7.48. The van der Waals surface area contributed by atoms with Gasteiger partial charge in [-0.25, -0.2) is 9.97 Å². The summed E-state index contributed by atoms with van der Waals surface area (Å²) < 4.78 is 5.44. The van der Waals surface area contributed by atoms with Crippen molar-refractivity contribution in [2.75, 3.05) is 25.0 Å². The van der Waals surface area contributed by atoms with Crippen molar-refractivity contribution < 1.29 is 9.21 Å². The molecule has 2 aromatic rings. The van der Waals surface area contributed by atoms with E-state index in [-0.39, 0.29) is 42.2 Å². The number of halogens is 2. The molecule has 3 rings (SSSR count). The Labute approximate surface area is 204 Å². The summed E-state index contributed by atoms with van der Waals surface area (Å²) in [4.78, 5) is 25.0. The monoisotopic (exact) mass is 485 g/mol. The summed E-state index contributed by atoms with van der Waals surface area (Å²) in [6.45, 7) is 11.4. The molecule has 1 unspecified atom stereocenters. The van der Waals surface area contributed by atoms with Crippen LogP contribution in [0.5, 0.6) is 0 Å². The molecule has 1 amide bonds. The molecule has 180 valence electrons. The number of nitrogens with one attached hydrogen (secondary N) is 2. The number of carbonyl (C=O) groups is 1. The first kappa shape index (κ1) is 28.2. The van der Waals surface area contributed by atoms with Gasteiger partial charge >= 0.3 is 0 Å². The number of hydrogen-bond donors (Lipinski definition) is 2. The standard InChI is InChI=1S/C23H35N5O2.2ClH/c1-5-6-12-28(17-9-7-11-24-14-17)21(29)19-16-26-22(23(2,3)4)27-20(19)25-15-18-10-8-13-30-18;;/h8,10,13,16-17,24H,5-7,9,11-12,14-15H2,1-4H3,(H,25,26,27);2*1H. The number of furan rings is 1. The van der Waals surface area contributed by atoms with E-state index in [4.69, 9.17) is 9.40 Å². The molecule has 3 heterocycles. The predicted molar refractivity (Wildman–Crippen MR) is 133 cm³/mol. The number of unbranched alkanes of at least 4 members (excludes halogenated alkanes) is 1. The Kier molecular flexibility index (Phi) is 11.5. The normalized spacial score (nSPS) is 15.9. The van der Waals surface area contributed by atoms with Crippen molar-refractivity contribution in [1.82, 2.24) is 20.2 Å². The Morgan fingerprint density at radius 3 is 2.72 bits per heavy atom. The van der Waals surface area contributed by atoms with E-state index in [1.54, 1.807) is 12.5 Å². The lowest BCUT2D eigenvalue weighted by Crippen LogP contribution is -2.49. The minimum absolute atomic E-state index is 0. The molecule has 0 bridgehead atoms. The lowest BCUT2D eigenvalue weighted by Gasteiger charge is -2.35. The van der Waals surface area contributed by atoms with Crippen molar-refractivity contribution in [3.8, 4) is 0 Å². The van der Waals surface area contributed by atoms with E-state index < -0.39 is 0 Å². The van der Waals surface area contributed by atoms with Crippen LogP contribution in [-0.2, 0) is 12.0 Å². The average molecular weight is 486 g/mol. The number of carbonyl (C=O) groups excluding carboxylic acids is 1. The van der Waals surface area contributed by atoms with Gasteiger partial charge in [-0.3, -0.25) is 4.79 Å². The average Bonchev–Trinajstić information content (AvgIpc) is 3.26. The minimum Gasteiger partial charge on any atom is -0.467 e. The first-order valence-electron chi connectivity index (χ1n) is 11.1. The summed E-state index contributed by atoms with van der Waals surface area (Å²) in [6, 6.07) is 3.96. The van der Waals surface area contributed by atoms with Crippen LogP contribution < -0.4 is 10.6 Å². The molecule has 0 spiro atoms. The number of nitrogens with zero attached hydrogens (tertiary/aromatic N) is 3. The highest BCUT2D eigenvalue weighted by Crippen LogP contribution is 2.24. The quantitative estimate of drug-likeness (QED) is 0.557. The van der Waals surface area contributed by atoms with Crippen LogP contribution in [0.2, 0.25) is 0 Å². The second-order valence-electron chi connectivity index (χ2n) is 8.99. The number of piperidine rings is 1. The van der Waals surface area contributed by atoms with E-state index in [2.05, 4.69) is 43.3 Å². The smallest absolute Gasteiger partial charge is 0.259 e. The molecule has 1 saturated heterocycles. The fourth-order valence-corrected chi connectivity index (χ4v) is 3.65. The summed E-state index contributed by atoms with van der Waals surface area (Å²) in [5.74, 6) is 2.07. The molecule has 0 aromatic carbocycles. The van der Waals surface area contributed by atoms with Crippen LogP contribution >= 0.6 is 24.8 Å². The zero-order valence-electron chi connectivity index (χ0n) is 19.5. The van der Waals surface area contributed by atoms with Gasteiger partial charge in [-0.15, -0.1) is 24.8 Å². The maximum Gasteiger partial charge on any atom is 0.259 e. The third-order valence-electron chi connectivity index (χ3n) is 5.43. The highest BCUT2D eigenvalue weighted by atomic mass is 35.5. The SMILES string of the molecule is CCCCN(C(=O)c1cnc(C(C)(C)C)nc1NCc1ccco1)C1CCCNC1.Cl.Cl. The highest BCUT2D eigenvalue weighted by Gasteiger charge is 2.29. The Balaban J connectivity index is 0.00000256. The second kappa shape index (κ2) is 13.0. The molecule has 32 heavy (non-hydrogen) atoms. The molecule has 0 saturated carbocycles. The van der Waals surface area contributed by atoms with Gasteiger partial charge in [0.05, 0.1) is 12.8 Å². The van der Waals surface area contributed by atoms with Gasteiger partial charge in [0.2, 0.25) is 0 Å². The highest BCUT2D eigenvalue weighted by molar-refractivity contribution is 5.98. The van der Waals surface area contributed by atoms with E-state index in [0.717, 1.165) is 51.1 Å². The Hall–Kier alpha value is -1.83. The third-order valence-corrected chi connectivity index (χ3v) is 5.43. The molecule has 0 radical (unpaired) electrons. The van der Waals surface area contributed by atoms with Crippen molar-refractivity contribution in [3.63, 3.8) is 0 Å². The van der Waals surface area contributed by atoms with Crippen molar-refractivity contribution in [2.24, 2.45) is 0 Å². The zero-order chi connectivity index (χ0) is 21.6. The molecule has 1 fully saturated rings. The molecule has 2 aromatic heterocycles. The van der Waals surface area contributed by atoms with Gasteiger partial charge in [0.25, 0.3) is 5.91 Å². The molecule has 7 nitrogen and oxygen atoms in total. The molecular weight excluding hydrogens is 449 g/mol. The van der Waals surface area contributed by atoms with E-state index in [0.29, 0.717) is 23.8 Å². The zero-order valence-corrected chi connectivity index (χ0v) is 21.2. The predicted octanol–water partition coefficient (Wildman–Crippen LogP) is 4.82. The van der Waals surface area contributed by atoms with E-state index in [9.17, 15) is 4.79 Å². The van der Waals surface area contributed by atoms with Crippen molar-refractivity contribution in [2.45, 2.75) is 71.4 Å². The van der Waals surface area contributed by atoms with Crippen LogP contribution in [-0.4, -0.2) is 46.5 Å². The topological polar surface area (TPSA) is 83.3 Å². The van der Waals surface area contributed by atoms with Gasteiger partial charge in [0.15, 0.2) is 0 Å². The largest absolute Gasteiger partial charge is 0.467 e. The summed E-state index contributed by atoms with van der Waals surface area (Å²) in [7, 11) is 0. The number of rotatable bonds is 8. The molecule has 1 atom stereocenters. The minimum atomic E-state index is -0.210. The summed E-state index contributed by atoms with van der Waals surface area (Å²) >= 11 is 0. The fourth-order valence-electron chi connectivity index (χ4n) is 3.65. The van der Waals surface area contributed by atoms with E-state index in [1.165, 1.54) is 0 Å². The Morgan fingerprint density at radius 1 is 1.34 bits per heavy atom. The van der Waals surface area contributed by atoms with Crippen LogP contribution in [0.3, 0.4) is 0 Å². The molecule has 9 heteroatoms. The van der Waals surface area contributed by atoms with Gasteiger partial charge in [0.1, 0.15) is 23.0 Å². The van der Waals surface area contributed by atoms with Crippen LogP contribution in [0.1, 0.15) is 75.3 Å². The first-order chi connectivity index (χ1) is 14.4. The summed E-state index contributed by atoms with van der Waals surface area (Å²) in [5, 5.41) is 6.75. The number of aromatic nitrogens is 2. The molecule has 0 aliphatic carbocycles. The lowest BCUT2D eigenvalue weighted by molar-refractivity contribution is 0.0645. The van der Waals surface area contributed by atoms with Gasteiger partial charge in [-0.05, 0) is 37.9 Å². The van der Waals surface area contributed by atoms with Crippen molar-refractivity contribution >= 4 is 36.5 Å². The van der Waals surface area contributed by atoms with Gasteiger partial charge in [-0.2, -0.15) is 0 Å². The van der Waals surface area contributed by atoms with Crippen molar-refractivity contribution in [1.29, 1.82) is 0 Å². The Morgan fingerprint density at radius 2 is 2.12 bits per heavy atom. The number of amides is 1. The van der Waals surface area contributed by atoms with Gasteiger partial charge in [0, 0.05) is 30.7 Å². The second-order valence-corrected chi connectivity index (χ2v) is 8.99. The fraction of sp³-hybridized carbons (Fsp3) is 0.609. The molecule has 1 aliphatic rings. The lowest BCUT2D eigenvalue weighted by atomic mass is 9.95. The molecule has 1 aliphatic heterocycles. The molecular formula is C23H37Cl2N5O2. The van der Waals surface area contributed by atoms with Crippen LogP contribution in [0.25, 0.3) is 0 Å². The maximum atomic E-state index is 13.6. The van der Waals surface area contributed by atoms with Gasteiger partial charge < -0.3 is 20.0 Å². The van der Waals surface area contributed by atoms with Crippen molar-refractivity contribution in [3.05, 3.63) is 41.7 Å². The van der Waals surface area contributed by atoms with E-state index >= 15 is 0 Å². The Bertz CT molecular complexity index is 818.